The van der Waals surface area contributed by atoms with E-state index in [0.717, 1.165) is 31.9 Å². The predicted octanol–water partition coefficient (Wildman–Crippen LogP) is 3.36. The molecule has 0 radical (unpaired) electrons. The van der Waals surface area contributed by atoms with E-state index < -0.39 is 0 Å². The molecule has 0 aliphatic carbocycles. The smallest absolute Gasteiger partial charge is 0.0900 e. The summed E-state index contributed by atoms with van der Waals surface area (Å²) >= 11 is 1.66. The van der Waals surface area contributed by atoms with Crippen LogP contribution < -0.4 is 5.73 Å². The van der Waals surface area contributed by atoms with Gasteiger partial charge in [0.1, 0.15) is 0 Å². The van der Waals surface area contributed by atoms with Crippen molar-refractivity contribution in [3.63, 3.8) is 0 Å². The molecule has 1 unspecified atom stereocenters. The first-order chi connectivity index (χ1) is 9.16. The highest BCUT2D eigenvalue weighted by Gasteiger charge is 2.17. The molecular weight excluding hydrogens is 254 g/mol. The normalized spacial score (nSPS) is 12.8. The second-order valence-electron chi connectivity index (χ2n) is 4.61. The topological polar surface area (TPSA) is 51.8 Å². The van der Waals surface area contributed by atoms with E-state index in [0.29, 0.717) is 0 Å². The summed E-state index contributed by atoms with van der Waals surface area (Å²) in [6.07, 6.45) is 3.73. The summed E-state index contributed by atoms with van der Waals surface area (Å²) < 4.78 is 0. The molecule has 0 aliphatic heterocycles. The van der Waals surface area contributed by atoms with Crippen LogP contribution >= 0.6 is 11.3 Å². The summed E-state index contributed by atoms with van der Waals surface area (Å²) in [6.45, 7) is 4.02. The Bertz CT molecular complexity index is 728. The molecule has 0 saturated carbocycles. The maximum atomic E-state index is 6.43. The lowest BCUT2D eigenvalue weighted by Gasteiger charge is -2.13. The van der Waals surface area contributed by atoms with Gasteiger partial charge in [0.25, 0.3) is 0 Å². The van der Waals surface area contributed by atoms with Crippen LogP contribution in [0.15, 0.2) is 36.7 Å². The van der Waals surface area contributed by atoms with Gasteiger partial charge in [0.2, 0.25) is 0 Å². The molecule has 96 valence electrons. The lowest BCUT2D eigenvalue weighted by atomic mass is 10.0. The van der Waals surface area contributed by atoms with Crippen LogP contribution in [0.4, 0.5) is 0 Å². The molecule has 4 heteroatoms. The average Bonchev–Trinajstić information content (AvgIpc) is 2.76. The Kier molecular flexibility index (Phi) is 3.05. The van der Waals surface area contributed by atoms with Crippen LogP contribution in [0.1, 0.15) is 27.2 Å². The van der Waals surface area contributed by atoms with Crippen molar-refractivity contribution in [1.82, 2.24) is 9.97 Å². The Balaban J connectivity index is 2.16. The zero-order chi connectivity index (χ0) is 13.4. The highest BCUT2D eigenvalue weighted by atomic mass is 32.1. The fraction of sp³-hybridized carbons (Fsp3) is 0.200. The van der Waals surface area contributed by atoms with Crippen molar-refractivity contribution >= 4 is 22.1 Å². The Morgan fingerprint density at radius 3 is 2.68 bits per heavy atom. The van der Waals surface area contributed by atoms with Crippen LogP contribution in [-0.4, -0.2) is 9.97 Å². The van der Waals surface area contributed by atoms with Gasteiger partial charge in [0.15, 0.2) is 0 Å². The molecule has 3 aromatic rings. The molecule has 0 spiro atoms. The van der Waals surface area contributed by atoms with Gasteiger partial charge in [-0.2, -0.15) is 0 Å². The van der Waals surface area contributed by atoms with Crippen molar-refractivity contribution in [1.29, 1.82) is 0 Å². The summed E-state index contributed by atoms with van der Waals surface area (Å²) in [5.74, 6) is 0. The van der Waals surface area contributed by atoms with Crippen LogP contribution in [0, 0.1) is 13.8 Å². The first-order valence-electron chi connectivity index (χ1n) is 6.19. The van der Waals surface area contributed by atoms with Crippen molar-refractivity contribution < 1.29 is 0 Å². The van der Waals surface area contributed by atoms with Gasteiger partial charge in [-0.1, -0.05) is 24.3 Å². The third-order valence-corrected chi connectivity index (χ3v) is 4.41. The molecule has 3 nitrogen and oxygen atoms in total. The Hall–Kier alpha value is -1.78. The van der Waals surface area contributed by atoms with Crippen LogP contribution in [-0.2, 0) is 0 Å². The van der Waals surface area contributed by atoms with E-state index in [1.807, 2.05) is 38.4 Å². The van der Waals surface area contributed by atoms with Crippen LogP contribution in [0.25, 0.3) is 10.8 Å². The van der Waals surface area contributed by atoms with Gasteiger partial charge in [0.05, 0.1) is 16.7 Å². The summed E-state index contributed by atoms with van der Waals surface area (Å²) in [5.41, 5.74) is 8.50. The molecule has 2 N–H and O–H groups in total. The second kappa shape index (κ2) is 4.72. The highest BCUT2D eigenvalue weighted by Crippen LogP contribution is 2.31. The third kappa shape index (κ3) is 2.13. The molecule has 1 atom stereocenters. The summed E-state index contributed by atoms with van der Waals surface area (Å²) in [6, 6.07) is 8.04. The molecule has 0 bridgehead atoms. The molecule has 0 fully saturated rings. The molecule has 2 aromatic heterocycles. The van der Waals surface area contributed by atoms with Crippen molar-refractivity contribution in [2.75, 3.05) is 0 Å². The first kappa shape index (κ1) is 12.3. The quantitative estimate of drug-likeness (QED) is 0.776. The third-order valence-electron chi connectivity index (χ3n) is 3.26. The summed E-state index contributed by atoms with van der Waals surface area (Å²) in [5, 5.41) is 3.33. The van der Waals surface area contributed by atoms with Crippen LogP contribution in [0.5, 0.6) is 0 Å². The minimum absolute atomic E-state index is 0.162. The van der Waals surface area contributed by atoms with E-state index >= 15 is 0 Å². The Labute approximate surface area is 116 Å². The second-order valence-corrected chi connectivity index (χ2v) is 5.84. The van der Waals surface area contributed by atoms with Crippen LogP contribution in [0.3, 0.4) is 0 Å². The SMILES string of the molecule is Cc1nc(C)c(C(N)c2cncc3ccccc23)s1. The largest absolute Gasteiger partial charge is 0.319 e. The standard InChI is InChI=1S/C15H15N3S/c1-9-15(19-10(2)18-9)14(16)13-8-17-7-11-5-3-4-6-12(11)13/h3-8,14H,16H2,1-2H3. The molecule has 0 aliphatic rings. The number of nitrogens with two attached hydrogens (primary N) is 1. The number of benzene rings is 1. The number of fused-ring (bicyclic) bond motifs is 1. The molecule has 3 rings (SSSR count). The maximum absolute atomic E-state index is 6.43. The molecule has 0 saturated heterocycles. The zero-order valence-electron chi connectivity index (χ0n) is 10.9. The fourth-order valence-corrected chi connectivity index (χ4v) is 3.31. The van der Waals surface area contributed by atoms with Crippen molar-refractivity contribution in [3.8, 4) is 0 Å². The molecule has 1 aromatic carbocycles. The maximum Gasteiger partial charge on any atom is 0.0900 e. The number of pyridine rings is 1. The Morgan fingerprint density at radius 2 is 1.95 bits per heavy atom. The number of thiazole rings is 1. The fourth-order valence-electron chi connectivity index (χ4n) is 2.36. The van der Waals surface area contributed by atoms with E-state index in [-0.39, 0.29) is 6.04 Å². The van der Waals surface area contributed by atoms with Gasteiger partial charge in [-0.15, -0.1) is 11.3 Å². The van der Waals surface area contributed by atoms with Gasteiger partial charge < -0.3 is 5.73 Å². The minimum Gasteiger partial charge on any atom is -0.319 e. The van der Waals surface area contributed by atoms with E-state index in [9.17, 15) is 0 Å². The van der Waals surface area contributed by atoms with E-state index in [4.69, 9.17) is 5.73 Å². The summed E-state index contributed by atoms with van der Waals surface area (Å²) in [4.78, 5) is 9.88. The van der Waals surface area contributed by atoms with Crippen molar-refractivity contribution in [2.24, 2.45) is 5.73 Å². The number of hydrogen-bond acceptors (Lipinski definition) is 4. The lowest BCUT2D eigenvalue weighted by molar-refractivity contribution is 0.879. The van der Waals surface area contributed by atoms with Gasteiger partial charge in [0, 0.05) is 28.2 Å². The van der Waals surface area contributed by atoms with Crippen molar-refractivity contribution in [2.45, 2.75) is 19.9 Å². The highest BCUT2D eigenvalue weighted by molar-refractivity contribution is 7.11. The van der Waals surface area contributed by atoms with Crippen molar-refractivity contribution in [3.05, 3.63) is 57.8 Å². The lowest BCUT2D eigenvalue weighted by Crippen LogP contribution is -2.12. The summed E-state index contributed by atoms with van der Waals surface area (Å²) in [7, 11) is 0. The molecule has 19 heavy (non-hydrogen) atoms. The van der Waals surface area contributed by atoms with Gasteiger partial charge in [-0.25, -0.2) is 4.98 Å². The molecular formula is C15H15N3S. The predicted molar refractivity (Wildman–Crippen MR) is 79.4 cm³/mol. The van der Waals surface area contributed by atoms with E-state index in [1.165, 1.54) is 0 Å². The van der Waals surface area contributed by atoms with E-state index in [2.05, 4.69) is 22.1 Å². The first-order valence-corrected chi connectivity index (χ1v) is 7.00. The average molecular weight is 269 g/mol. The molecule has 0 amide bonds. The van der Waals surface area contributed by atoms with E-state index in [1.54, 1.807) is 11.3 Å². The number of nitrogens with zero attached hydrogens (tertiary/aromatic N) is 2. The monoisotopic (exact) mass is 269 g/mol. The number of aryl methyl sites for hydroxylation is 2. The van der Waals surface area contributed by atoms with Gasteiger partial charge in [-0.05, 0) is 19.2 Å². The number of rotatable bonds is 2. The zero-order valence-corrected chi connectivity index (χ0v) is 11.7. The molecule has 2 heterocycles. The Morgan fingerprint density at radius 1 is 1.16 bits per heavy atom. The van der Waals surface area contributed by atoms with Gasteiger partial charge in [-0.3, -0.25) is 4.98 Å². The van der Waals surface area contributed by atoms with Gasteiger partial charge >= 0.3 is 0 Å². The number of hydrogen-bond donors (Lipinski definition) is 1. The number of aromatic nitrogens is 2. The van der Waals surface area contributed by atoms with Crippen LogP contribution in [0.2, 0.25) is 0 Å². The minimum atomic E-state index is -0.162.